The fraction of sp³-hybridized carbons (Fsp3) is 0.214. The number of nitriles is 1. The molecule has 19 heavy (non-hydrogen) atoms. The molecule has 0 bridgehead atoms. The maximum absolute atomic E-state index is 11.2. The molecule has 2 aromatic rings. The number of nitrogens with two attached hydrogens (primary N) is 1. The van der Waals surface area contributed by atoms with Crippen LogP contribution in [0.3, 0.4) is 0 Å². The zero-order chi connectivity index (χ0) is 14.0. The van der Waals surface area contributed by atoms with Gasteiger partial charge in [-0.1, -0.05) is 23.8 Å². The van der Waals surface area contributed by atoms with Crippen LogP contribution in [0, 0.1) is 25.2 Å². The second-order valence-corrected chi connectivity index (χ2v) is 4.40. The van der Waals surface area contributed by atoms with Gasteiger partial charge in [0.1, 0.15) is 18.1 Å². The zero-order valence-corrected chi connectivity index (χ0v) is 10.8. The molecule has 0 saturated heterocycles. The standard InChI is InChI=1S/C14H14N4O/c1-9-3-4-11(10(2)7-9)13-12(8-19)14(16)18(17-13)6-5-15/h3-4,7-8H,6,16H2,1-2H3. The third-order valence-corrected chi connectivity index (χ3v) is 3.01. The van der Waals surface area contributed by atoms with E-state index in [1.807, 2.05) is 38.1 Å². The molecule has 1 aromatic carbocycles. The predicted octanol–water partition coefficient (Wildman–Crippen LogP) is 2.09. The Bertz CT molecular complexity index is 679. The van der Waals surface area contributed by atoms with Crippen molar-refractivity contribution >= 4 is 12.1 Å². The van der Waals surface area contributed by atoms with Crippen molar-refractivity contribution in [3.8, 4) is 17.3 Å². The lowest BCUT2D eigenvalue weighted by molar-refractivity contribution is 0.112. The normalized spacial score (nSPS) is 10.2. The van der Waals surface area contributed by atoms with E-state index in [0.29, 0.717) is 17.5 Å². The van der Waals surface area contributed by atoms with Gasteiger partial charge in [-0.15, -0.1) is 0 Å². The van der Waals surface area contributed by atoms with Crippen LogP contribution in [-0.4, -0.2) is 16.1 Å². The summed E-state index contributed by atoms with van der Waals surface area (Å²) in [5.41, 5.74) is 9.71. The molecule has 96 valence electrons. The van der Waals surface area contributed by atoms with Gasteiger partial charge in [-0.3, -0.25) is 4.79 Å². The number of rotatable bonds is 3. The number of carbonyl (C=O) groups excluding carboxylic acids is 1. The predicted molar refractivity (Wildman–Crippen MR) is 72.5 cm³/mol. The number of hydrogen-bond acceptors (Lipinski definition) is 4. The van der Waals surface area contributed by atoms with Crippen LogP contribution in [0.15, 0.2) is 18.2 Å². The Morgan fingerprint density at radius 2 is 2.21 bits per heavy atom. The number of aromatic nitrogens is 2. The van der Waals surface area contributed by atoms with Crippen molar-refractivity contribution in [3.63, 3.8) is 0 Å². The van der Waals surface area contributed by atoms with Crippen LogP contribution >= 0.6 is 0 Å². The Kier molecular flexibility index (Phi) is 3.34. The molecule has 0 spiro atoms. The number of benzene rings is 1. The van der Waals surface area contributed by atoms with Crippen molar-refractivity contribution in [2.45, 2.75) is 20.4 Å². The largest absolute Gasteiger partial charge is 0.383 e. The summed E-state index contributed by atoms with van der Waals surface area (Å²) in [4.78, 5) is 11.2. The third kappa shape index (κ3) is 2.20. The van der Waals surface area contributed by atoms with E-state index in [-0.39, 0.29) is 12.4 Å². The van der Waals surface area contributed by atoms with Gasteiger partial charge in [0, 0.05) is 5.56 Å². The van der Waals surface area contributed by atoms with Crippen LogP contribution in [0.4, 0.5) is 5.82 Å². The summed E-state index contributed by atoms with van der Waals surface area (Å²) in [6.45, 7) is 3.98. The van der Waals surface area contributed by atoms with Crippen LogP contribution < -0.4 is 5.73 Å². The smallest absolute Gasteiger partial charge is 0.156 e. The van der Waals surface area contributed by atoms with Crippen LogP contribution in [0.5, 0.6) is 0 Å². The summed E-state index contributed by atoms with van der Waals surface area (Å²) < 4.78 is 1.35. The van der Waals surface area contributed by atoms with Crippen molar-refractivity contribution in [3.05, 3.63) is 34.9 Å². The number of aldehydes is 1. The van der Waals surface area contributed by atoms with Gasteiger partial charge < -0.3 is 5.73 Å². The Balaban J connectivity index is 2.65. The van der Waals surface area contributed by atoms with Crippen molar-refractivity contribution in [1.82, 2.24) is 9.78 Å². The van der Waals surface area contributed by atoms with Crippen molar-refractivity contribution < 1.29 is 4.79 Å². The fourth-order valence-corrected chi connectivity index (χ4v) is 2.07. The van der Waals surface area contributed by atoms with Gasteiger partial charge in [0.25, 0.3) is 0 Å². The molecule has 0 atom stereocenters. The van der Waals surface area contributed by atoms with E-state index in [4.69, 9.17) is 11.0 Å². The highest BCUT2D eigenvalue weighted by Gasteiger charge is 2.17. The van der Waals surface area contributed by atoms with Crippen molar-refractivity contribution in [1.29, 1.82) is 5.26 Å². The van der Waals surface area contributed by atoms with Gasteiger partial charge >= 0.3 is 0 Å². The molecule has 5 nitrogen and oxygen atoms in total. The maximum Gasteiger partial charge on any atom is 0.156 e. The second kappa shape index (κ2) is 4.94. The molecule has 0 aliphatic rings. The summed E-state index contributed by atoms with van der Waals surface area (Å²) in [6, 6.07) is 7.85. The molecule has 0 saturated carbocycles. The van der Waals surface area contributed by atoms with E-state index in [1.54, 1.807) is 0 Å². The summed E-state index contributed by atoms with van der Waals surface area (Å²) in [6.07, 6.45) is 0.685. The van der Waals surface area contributed by atoms with Gasteiger partial charge in [-0.25, -0.2) is 4.68 Å². The molecule has 0 unspecified atom stereocenters. The fourth-order valence-electron chi connectivity index (χ4n) is 2.07. The molecule has 0 fully saturated rings. The molecular formula is C14H14N4O. The Morgan fingerprint density at radius 3 is 2.79 bits per heavy atom. The van der Waals surface area contributed by atoms with Gasteiger partial charge in [0.05, 0.1) is 11.6 Å². The lowest BCUT2D eigenvalue weighted by Gasteiger charge is -2.04. The number of nitrogens with zero attached hydrogens (tertiary/aromatic N) is 3. The van der Waals surface area contributed by atoms with Crippen LogP contribution in [0.25, 0.3) is 11.3 Å². The average molecular weight is 254 g/mol. The second-order valence-electron chi connectivity index (χ2n) is 4.40. The summed E-state index contributed by atoms with van der Waals surface area (Å²) in [5.74, 6) is 0.228. The Morgan fingerprint density at radius 1 is 1.47 bits per heavy atom. The molecule has 0 radical (unpaired) electrons. The van der Waals surface area contributed by atoms with E-state index >= 15 is 0 Å². The summed E-state index contributed by atoms with van der Waals surface area (Å²) in [7, 11) is 0. The molecule has 1 heterocycles. The minimum atomic E-state index is 0.0254. The summed E-state index contributed by atoms with van der Waals surface area (Å²) in [5, 5.41) is 13.0. The number of nitrogen functional groups attached to an aromatic ring is 1. The first-order valence-electron chi connectivity index (χ1n) is 5.84. The number of aryl methyl sites for hydroxylation is 2. The first kappa shape index (κ1) is 12.8. The maximum atomic E-state index is 11.2. The topological polar surface area (TPSA) is 84.7 Å². The highest BCUT2D eigenvalue weighted by molar-refractivity contribution is 5.92. The zero-order valence-electron chi connectivity index (χ0n) is 10.8. The minimum absolute atomic E-state index is 0.0254. The number of anilines is 1. The van der Waals surface area contributed by atoms with E-state index in [9.17, 15) is 4.79 Å². The molecule has 2 N–H and O–H groups in total. The van der Waals surface area contributed by atoms with E-state index < -0.39 is 0 Å². The van der Waals surface area contributed by atoms with E-state index in [1.165, 1.54) is 4.68 Å². The number of hydrogen-bond donors (Lipinski definition) is 1. The highest BCUT2D eigenvalue weighted by atomic mass is 16.1. The SMILES string of the molecule is Cc1ccc(-c2nn(CC#N)c(N)c2C=O)c(C)c1. The first-order valence-corrected chi connectivity index (χ1v) is 5.84. The van der Waals surface area contributed by atoms with Gasteiger partial charge in [-0.05, 0) is 19.4 Å². The van der Waals surface area contributed by atoms with Gasteiger partial charge in [0.2, 0.25) is 0 Å². The molecular weight excluding hydrogens is 240 g/mol. The lowest BCUT2D eigenvalue weighted by Crippen LogP contribution is -2.03. The summed E-state index contributed by atoms with van der Waals surface area (Å²) >= 11 is 0. The minimum Gasteiger partial charge on any atom is -0.383 e. The monoisotopic (exact) mass is 254 g/mol. The Hall–Kier alpha value is -2.61. The van der Waals surface area contributed by atoms with Crippen LogP contribution in [0.1, 0.15) is 21.5 Å². The lowest BCUT2D eigenvalue weighted by atomic mass is 10.0. The van der Waals surface area contributed by atoms with Crippen LogP contribution in [-0.2, 0) is 6.54 Å². The molecule has 0 amide bonds. The van der Waals surface area contributed by atoms with Crippen LogP contribution in [0.2, 0.25) is 0 Å². The third-order valence-electron chi connectivity index (χ3n) is 3.01. The quantitative estimate of drug-likeness (QED) is 0.850. The molecule has 5 heteroatoms. The van der Waals surface area contributed by atoms with Gasteiger partial charge in [-0.2, -0.15) is 10.4 Å². The highest BCUT2D eigenvalue weighted by Crippen LogP contribution is 2.28. The Labute approximate surface area is 111 Å². The van der Waals surface area contributed by atoms with Gasteiger partial charge in [0.15, 0.2) is 6.29 Å². The average Bonchev–Trinajstić information content (AvgIpc) is 2.67. The van der Waals surface area contributed by atoms with E-state index in [0.717, 1.165) is 16.7 Å². The molecule has 0 aliphatic heterocycles. The first-order chi connectivity index (χ1) is 9.08. The molecule has 1 aromatic heterocycles. The van der Waals surface area contributed by atoms with Crippen molar-refractivity contribution in [2.24, 2.45) is 0 Å². The van der Waals surface area contributed by atoms with E-state index in [2.05, 4.69) is 5.10 Å². The number of carbonyl (C=O) groups is 1. The van der Waals surface area contributed by atoms with Crippen molar-refractivity contribution in [2.75, 3.05) is 5.73 Å². The molecule has 0 aliphatic carbocycles. The molecule has 2 rings (SSSR count).